The van der Waals surface area contributed by atoms with Crippen molar-refractivity contribution in [2.75, 3.05) is 4.31 Å². The Kier molecular flexibility index (Phi) is 3.36. The van der Waals surface area contributed by atoms with Gasteiger partial charge in [0, 0.05) is 6.04 Å². The van der Waals surface area contributed by atoms with Gasteiger partial charge >= 0.3 is 16.5 Å². The van der Waals surface area contributed by atoms with Gasteiger partial charge in [-0.3, -0.25) is 0 Å². The Morgan fingerprint density at radius 2 is 1.86 bits per heavy atom. The van der Waals surface area contributed by atoms with Crippen LogP contribution in [0, 0.1) is 12.0 Å². The molecule has 1 aliphatic carbocycles. The second kappa shape index (κ2) is 4.78. The van der Waals surface area contributed by atoms with E-state index in [9.17, 15) is 21.6 Å². The van der Waals surface area contributed by atoms with E-state index < -0.39 is 32.2 Å². The zero-order valence-electron chi connectivity index (χ0n) is 11.1. The Balaban J connectivity index is 2.13. The third-order valence-corrected chi connectivity index (χ3v) is 5.50. The zero-order chi connectivity index (χ0) is 16.2. The highest BCUT2D eigenvalue weighted by Crippen LogP contribution is 2.42. The molecular formula is C13H10ClF3N2O2S. The minimum atomic E-state index is -5.02. The number of nitrogens with zero attached hydrogens (tertiary/aromatic N) is 2. The molecule has 4 nitrogen and oxygen atoms in total. The van der Waals surface area contributed by atoms with Crippen LogP contribution in [0.1, 0.15) is 18.4 Å². The van der Waals surface area contributed by atoms with Crippen LogP contribution >= 0.6 is 11.6 Å². The molecule has 0 amide bonds. The molecule has 1 aliphatic heterocycles. The van der Waals surface area contributed by atoms with Crippen molar-refractivity contribution in [3.05, 3.63) is 29.8 Å². The lowest BCUT2D eigenvalue weighted by Gasteiger charge is -2.34. The third kappa shape index (κ3) is 2.64. The van der Waals surface area contributed by atoms with E-state index in [1.54, 1.807) is 12.1 Å². The van der Waals surface area contributed by atoms with Gasteiger partial charge in [-0.05, 0) is 24.5 Å². The lowest BCUT2D eigenvalue weighted by Crippen LogP contribution is -2.51. The lowest BCUT2D eigenvalue weighted by molar-refractivity contribution is -0.213. The maximum Gasteiger partial charge on any atom is 0.475 e. The van der Waals surface area contributed by atoms with Crippen LogP contribution in [-0.2, 0) is 16.8 Å². The average molecular weight is 351 g/mol. The summed E-state index contributed by atoms with van der Waals surface area (Å²) >= 11 is 5.98. The highest BCUT2D eigenvalue weighted by atomic mass is 35.5. The van der Waals surface area contributed by atoms with E-state index in [4.69, 9.17) is 11.6 Å². The van der Waals surface area contributed by atoms with E-state index in [1.807, 2.05) is 0 Å². The SMILES string of the molecule is O=S1(=O)N(C#CC2(Cl)CC2)c2ccccc2CN1C(F)(F)F. The zero-order valence-corrected chi connectivity index (χ0v) is 12.6. The normalized spacial score (nSPS) is 22.5. The largest absolute Gasteiger partial charge is 0.475 e. The fourth-order valence-corrected chi connectivity index (χ4v) is 3.51. The van der Waals surface area contributed by atoms with E-state index in [1.165, 1.54) is 12.1 Å². The van der Waals surface area contributed by atoms with Gasteiger partial charge < -0.3 is 0 Å². The number of fused-ring (bicyclic) bond motifs is 1. The molecular weight excluding hydrogens is 341 g/mol. The summed E-state index contributed by atoms with van der Waals surface area (Å²) in [5.74, 6) is 2.54. The van der Waals surface area contributed by atoms with Crippen molar-refractivity contribution in [3.63, 3.8) is 0 Å². The molecule has 1 saturated carbocycles. The van der Waals surface area contributed by atoms with Gasteiger partial charge in [0.2, 0.25) is 0 Å². The van der Waals surface area contributed by atoms with Crippen LogP contribution in [0.5, 0.6) is 0 Å². The number of anilines is 1. The summed E-state index contributed by atoms with van der Waals surface area (Å²) in [5, 5.41) is 0. The van der Waals surface area contributed by atoms with Crippen molar-refractivity contribution >= 4 is 27.5 Å². The summed E-state index contributed by atoms with van der Waals surface area (Å²) in [7, 11) is -4.82. The number of rotatable bonds is 0. The molecule has 0 radical (unpaired) electrons. The molecule has 1 aromatic carbocycles. The van der Waals surface area contributed by atoms with Crippen molar-refractivity contribution in [1.82, 2.24) is 4.31 Å². The minimum Gasteiger partial charge on any atom is -0.187 e. The van der Waals surface area contributed by atoms with Crippen LogP contribution in [0.2, 0.25) is 0 Å². The molecule has 9 heteroatoms. The Morgan fingerprint density at radius 1 is 1.23 bits per heavy atom. The van der Waals surface area contributed by atoms with Crippen LogP contribution in [0.3, 0.4) is 0 Å². The summed E-state index contributed by atoms with van der Waals surface area (Å²) < 4.78 is 63.5. The molecule has 0 bridgehead atoms. The number of halogens is 4. The fraction of sp³-hybridized carbons (Fsp3) is 0.385. The first kappa shape index (κ1) is 15.5. The van der Waals surface area contributed by atoms with Crippen molar-refractivity contribution in [3.8, 4) is 12.0 Å². The standard InChI is InChI=1S/C13H10ClF3N2O2S/c14-12(5-6-12)7-8-18-11-4-2-1-3-10(11)9-19(13(15,16)17)22(18,20)21/h1-4H,5-6,9H2. The number of alkyl halides is 4. The molecule has 0 N–H and O–H groups in total. The molecule has 1 fully saturated rings. The van der Waals surface area contributed by atoms with Crippen LogP contribution in [0.15, 0.2) is 24.3 Å². The Labute approximate surface area is 130 Å². The molecule has 0 atom stereocenters. The number of benzene rings is 1. The van der Waals surface area contributed by atoms with E-state index >= 15 is 0 Å². The molecule has 3 rings (SSSR count). The summed E-state index contributed by atoms with van der Waals surface area (Å²) in [6.45, 7) is -0.772. The molecule has 0 saturated heterocycles. The van der Waals surface area contributed by atoms with Crippen molar-refractivity contribution in [2.24, 2.45) is 0 Å². The predicted molar refractivity (Wildman–Crippen MR) is 75.0 cm³/mol. The smallest absolute Gasteiger partial charge is 0.187 e. The summed E-state index contributed by atoms with van der Waals surface area (Å²) in [6.07, 6.45) is -3.86. The maximum absolute atomic E-state index is 13.0. The maximum atomic E-state index is 13.0. The van der Waals surface area contributed by atoms with Crippen molar-refractivity contribution < 1.29 is 21.6 Å². The first-order chi connectivity index (χ1) is 10.1. The monoisotopic (exact) mass is 350 g/mol. The first-order valence-corrected chi connectivity index (χ1v) is 8.10. The van der Waals surface area contributed by atoms with Crippen LogP contribution in [0.25, 0.3) is 0 Å². The number of hydrogen-bond donors (Lipinski definition) is 0. The fourth-order valence-electron chi connectivity index (χ4n) is 2.03. The summed E-state index contributed by atoms with van der Waals surface area (Å²) in [6, 6.07) is 8.23. The van der Waals surface area contributed by atoms with Gasteiger partial charge in [-0.2, -0.15) is 25.9 Å². The highest BCUT2D eigenvalue weighted by Gasteiger charge is 2.51. The van der Waals surface area contributed by atoms with E-state index in [0.717, 1.165) is 0 Å². The molecule has 0 aromatic heterocycles. The first-order valence-electron chi connectivity index (χ1n) is 6.33. The summed E-state index contributed by atoms with van der Waals surface area (Å²) in [5.41, 5.74) is 0.347. The van der Waals surface area contributed by atoms with Crippen LogP contribution < -0.4 is 4.31 Å². The third-order valence-electron chi connectivity index (χ3n) is 3.39. The second-order valence-corrected chi connectivity index (χ2v) is 7.50. The van der Waals surface area contributed by atoms with Gasteiger partial charge in [0.25, 0.3) is 0 Å². The van der Waals surface area contributed by atoms with Gasteiger partial charge in [-0.25, -0.2) is 0 Å². The topological polar surface area (TPSA) is 40.6 Å². The highest BCUT2D eigenvalue weighted by molar-refractivity contribution is 7.90. The van der Waals surface area contributed by atoms with E-state index in [2.05, 4.69) is 12.0 Å². The Bertz CT molecular complexity index is 778. The molecule has 1 aromatic rings. The van der Waals surface area contributed by atoms with E-state index in [0.29, 0.717) is 17.1 Å². The van der Waals surface area contributed by atoms with Crippen LogP contribution in [-0.4, -0.2) is 23.9 Å². The van der Waals surface area contributed by atoms with E-state index in [-0.39, 0.29) is 11.3 Å². The molecule has 0 spiro atoms. The second-order valence-electron chi connectivity index (χ2n) is 5.08. The predicted octanol–water partition coefficient (Wildman–Crippen LogP) is 2.81. The Hall–Kier alpha value is -1.43. The van der Waals surface area contributed by atoms with Crippen LogP contribution in [0.4, 0.5) is 18.9 Å². The van der Waals surface area contributed by atoms with Gasteiger partial charge in [-0.15, -0.1) is 11.6 Å². The Morgan fingerprint density at radius 3 is 2.45 bits per heavy atom. The molecule has 2 aliphatic rings. The number of para-hydroxylation sites is 1. The van der Waals surface area contributed by atoms with Gasteiger partial charge in [0.15, 0.2) is 0 Å². The van der Waals surface area contributed by atoms with Crippen molar-refractivity contribution in [2.45, 2.75) is 30.6 Å². The van der Waals surface area contributed by atoms with Gasteiger partial charge in [-0.1, -0.05) is 28.4 Å². The molecule has 22 heavy (non-hydrogen) atoms. The number of hydrogen-bond acceptors (Lipinski definition) is 2. The molecule has 118 valence electrons. The lowest BCUT2D eigenvalue weighted by atomic mass is 10.2. The molecule has 0 unspecified atom stereocenters. The van der Waals surface area contributed by atoms with Crippen molar-refractivity contribution in [1.29, 1.82) is 0 Å². The quantitative estimate of drug-likeness (QED) is 0.410. The average Bonchev–Trinajstić information content (AvgIpc) is 3.13. The minimum absolute atomic E-state index is 0.122. The molecule has 1 heterocycles. The van der Waals surface area contributed by atoms with Gasteiger partial charge in [0.1, 0.15) is 4.87 Å². The summed E-state index contributed by atoms with van der Waals surface area (Å²) in [4.78, 5) is -0.828. The van der Waals surface area contributed by atoms with Gasteiger partial charge in [0.05, 0.1) is 12.2 Å².